The van der Waals surface area contributed by atoms with E-state index >= 15 is 0 Å². The van der Waals surface area contributed by atoms with Gasteiger partial charge >= 0.3 is 0 Å². The fourth-order valence-electron chi connectivity index (χ4n) is 0.658. The Morgan fingerprint density at radius 1 is 1.33 bits per heavy atom. The molecule has 1 rings (SSSR count). The molecule has 3 N–H and O–H groups in total. The Bertz CT molecular complexity index is 196. The van der Waals surface area contributed by atoms with Crippen molar-refractivity contribution in [2.24, 2.45) is 0 Å². The topological polar surface area (TPSA) is 38.0 Å². The lowest BCUT2D eigenvalue weighted by Crippen LogP contribution is -1.91. The molecule has 47 valence electrons. The monoisotopic (exact) mass is 121 g/mol. The van der Waals surface area contributed by atoms with E-state index < -0.39 is 0 Å². The van der Waals surface area contributed by atoms with Crippen molar-refractivity contribution < 1.29 is 0 Å². The number of anilines is 2. The summed E-state index contributed by atoms with van der Waals surface area (Å²) in [6.07, 6.45) is 0. The van der Waals surface area contributed by atoms with E-state index in [-0.39, 0.29) is 0 Å². The van der Waals surface area contributed by atoms with Gasteiger partial charge in [-0.2, -0.15) is 0 Å². The molecular formula is C7H9N2. The summed E-state index contributed by atoms with van der Waals surface area (Å²) in [5.74, 6) is 0. The zero-order chi connectivity index (χ0) is 6.69. The third-order valence-corrected chi connectivity index (χ3v) is 1.15. The highest BCUT2D eigenvalue weighted by atomic mass is 14.8. The molecule has 2 heteroatoms. The normalized spacial score (nSPS) is 9.00. The number of hydrogen-bond donors (Lipinski definition) is 2. The summed E-state index contributed by atoms with van der Waals surface area (Å²) in [5.41, 5.74) is 7.13. The number of hydrogen-bond acceptors (Lipinski definition) is 2. The quantitative estimate of drug-likeness (QED) is 0.552. The molecule has 0 aliphatic carbocycles. The van der Waals surface area contributed by atoms with Gasteiger partial charge in [-0.1, -0.05) is 12.1 Å². The highest BCUT2D eigenvalue weighted by Gasteiger charge is 1.89. The van der Waals surface area contributed by atoms with Crippen molar-refractivity contribution in [2.45, 2.75) is 0 Å². The van der Waals surface area contributed by atoms with Gasteiger partial charge in [-0.25, -0.2) is 0 Å². The van der Waals surface area contributed by atoms with Crippen LogP contribution in [0.3, 0.4) is 0 Å². The lowest BCUT2D eigenvalue weighted by Gasteiger charge is -2.00. The van der Waals surface area contributed by atoms with Gasteiger partial charge in [0.15, 0.2) is 0 Å². The molecule has 0 saturated carbocycles. The average Bonchev–Trinajstić information content (AvgIpc) is 1.89. The van der Waals surface area contributed by atoms with Crippen molar-refractivity contribution in [3.05, 3.63) is 31.3 Å². The lowest BCUT2D eigenvalue weighted by atomic mass is 10.3. The van der Waals surface area contributed by atoms with Gasteiger partial charge in [-0.05, 0) is 12.1 Å². The average molecular weight is 121 g/mol. The second-order valence-corrected chi connectivity index (χ2v) is 1.76. The fourth-order valence-corrected chi connectivity index (χ4v) is 0.658. The summed E-state index contributed by atoms with van der Waals surface area (Å²) >= 11 is 0. The van der Waals surface area contributed by atoms with Gasteiger partial charge in [-0.15, -0.1) is 0 Å². The summed E-state index contributed by atoms with van der Waals surface area (Å²) in [6.45, 7) is 0. The number of rotatable bonds is 1. The Hall–Kier alpha value is -1.18. The zero-order valence-corrected chi connectivity index (χ0v) is 5.09. The minimum Gasteiger partial charge on any atom is -0.397 e. The Balaban J connectivity index is 3.01. The molecule has 1 aromatic rings. The molecule has 0 aromatic heterocycles. The first-order valence-corrected chi connectivity index (χ1v) is 2.72. The predicted molar refractivity (Wildman–Crippen MR) is 39.8 cm³/mol. The smallest absolute Gasteiger partial charge is 0.0574 e. The van der Waals surface area contributed by atoms with Crippen LogP contribution in [0.4, 0.5) is 11.4 Å². The fraction of sp³-hybridized carbons (Fsp3) is 0. The Labute approximate surface area is 54.7 Å². The molecule has 1 radical (unpaired) electrons. The molecule has 0 spiro atoms. The van der Waals surface area contributed by atoms with Crippen molar-refractivity contribution in [1.29, 1.82) is 0 Å². The van der Waals surface area contributed by atoms with Gasteiger partial charge in [0.25, 0.3) is 0 Å². The van der Waals surface area contributed by atoms with Crippen molar-refractivity contribution in [3.8, 4) is 0 Å². The molecule has 0 heterocycles. The first-order valence-electron chi connectivity index (χ1n) is 2.72. The third kappa shape index (κ3) is 1.13. The summed E-state index contributed by atoms with van der Waals surface area (Å²) < 4.78 is 0. The molecule has 1 aromatic carbocycles. The van der Waals surface area contributed by atoms with Crippen molar-refractivity contribution in [1.82, 2.24) is 0 Å². The van der Waals surface area contributed by atoms with Crippen LogP contribution in [0.15, 0.2) is 24.3 Å². The molecule has 0 amide bonds. The van der Waals surface area contributed by atoms with E-state index in [0.717, 1.165) is 11.4 Å². The van der Waals surface area contributed by atoms with Gasteiger partial charge in [0, 0.05) is 7.05 Å². The number of nitrogens with one attached hydrogen (secondary N) is 1. The van der Waals surface area contributed by atoms with Crippen LogP contribution in [0.1, 0.15) is 0 Å². The molecule has 9 heavy (non-hydrogen) atoms. The maximum atomic E-state index is 5.53. The molecule has 2 nitrogen and oxygen atoms in total. The van der Waals surface area contributed by atoms with E-state index in [1.807, 2.05) is 24.3 Å². The first kappa shape index (κ1) is 5.95. The van der Waals surface area contributed by atoms with E-state index in [1.54, 1.807) is 0 Å². The Kier molecular flexibility index (Phi) is 1.58. The van der Waals surface area contributed by atoms with Crippen molar-refractivity contribution >= 4 is 11.4 Å². The van der Waals surface area contributed by atoms with Gasteiger partial charge in [0.2, 0.25) is 0 Å². The number of nitrogen functional groups attached to an aromatic ring is 1. The van der Waals surface area contributed by atoms with Crippen LogP contribution in [0.2, 0.25) is 0 Å². The van der Waals surface area contributed by atoms with E-state index in [9.17, 15) is 0 Å². The maximum Gasteiger partial charge on any atom is 0.0574 e. The third-order valence-electron chi connectivity index (χ3n) is 1.15. The van der Waals surface area contributed by atoms with Crippen LogP contribution in [-0.2, 0) is 0 Å². The van der Waals surface area contributed by atoms with E-state index in [1.165, 1.54) is 0 Å². The summed E-state index contributed by atoms with van der Waals surface area (Å²) in [6, 6.07) is 7.50. The van der Waals surface area contributed by atoms with Gasteiger partial charge in [0.1, 0.15) is 0 Å². The van der Waals surface area contributed by atoms with Gasteiger partial charge in [0.05, 0.1) is 11.4 Å². The molecule has 0 saturated heterocycles. The zero-order valence-electron chi connectivity index (χ0n) is 5.09. The summed E-state index contributed by atoms with van der Waals surface area (Å²) in [4.78, 5) is 0. The summed E-state index contributed by atoms with van der Waals surface area (Å²) in [5, 5.41) is 2.72. The van der Waals surface area contributed by atoms with Gasteiger partial charge < -0.3 is 11.1 Å². The van der Waals surface area contributed by atoms with Crippen molar-refractivity contribution in [3.63, 3.8) is 0 Å². The molecule has 0 aliphatic rings. The molecule has 0 aliphatic heterocycles. The van der Waals surface area contributed by atoms with Crippen LogP contribution in [-0.4, -0.2) is 0 Å². The standard InChI is InChI=1S/C7H9N2/c1-9-7-5-3-2-4-6(7)8/h2-5,9H,1,8H2. The highest BCUT2D eigenvalue weighted by Crippen LogP contribution is 2.15. The van der Waals surface area contributed by atoms with Crippen LogP contribution in [0.25, 0.3) is 0 Å². The largest absolute Gasteiger partial charge is 0.397 e. The highest BCUT2D eigenvalue weighted by molar-refractivity contribution is 5.65. The minimum atomic E-state index is 0.729. The molecule has 0 fully saturated rings. The molecular weight excluding hydrogens is 112 g/mol. The van der Waals surface area contributed by atoms with E-state index in [2.05, 4.69) is 12.4 Å². The number of nitrogens with two attached hydrogens (primary N) is 1. The van der Waals surface area contributed by atoms with E-state index in [0.29, 0.717) is 0 Å². The second-order valence-electron chi connectivity index (χ2n) is 1.76. The maximum absolute atomic E-state index is 5.53. The number of para-hydroxylation sites is 2. The van der Waals surface area contributed by atoms with Gasteiger partial charge in [-0.3, -0.25) is 0 Å². The molecule has 0 atom stereocenters. The van der Waals surface area contributed by atoms with E-state index in [4.69, 9.17) is 5.73 Å². The predicted octanol–water partition coefficient (Wildman–Crippen LogP) is 1.47. The Morgan fingerprint density at radius 2 is 2.00 bits per heavy atom. The second kappa shape index (κ2) is 2.40. The first-order chi connectivity index (χ1) is 4.34. The Morgan fingerprint density at radius 3 is 2.44 bits per heavy atom. The van der Waals surface area contributed by atoms with Crippen molar-refractivity contribution in [2.75, 3.05) is 11.1 Å². The molecule has 0 unspecified atom stereocenters. The number of benzene rings is 1. The lowest BCUT2D eigenvalue weighted by molar-refractivity contribution is 1.58. The van der Waals surface area contributed by atoms with Crippen LogP contribution in [0, 0.1) is 7.05 Å². The van der Waals surface area contributed by atoms with Crippen LogP contribution >= 0.6 is 0 Å². The summed E-state index contributed by atoms with van der Waals surface area (Å²) in [7, 11) is 3.49. The van der Waals surface area contributed by atoms with Crippen LogP contribution < -0.4 is 11.1 Å². The minimum absolute atomic E-state index is 0.729. The molecule has 0 bridgehead atoms. The van der Waals surface area contributed by atoms with Crippen LogP contribution in [0.5, 0.6) is 0 Å². The SMILES string of the molecule is [CH2]Nc1ccccc1N.